The zero-order chi connectivity index (χ0) is 19.0. The minimum atomic E-state index is -0.304. The third-order valence-corrected chi connectivity index (χ3v) is 6.64. The lowest BCUT2D eigenvalue weighted by Crippen LogP contribution is -2.66. The molecule has 2 aromatic rings. The third-order valence-electron chi connectivity index (χ3n) is 5.65. The Hall–Kier alpha value is -2.18. The molecule has 2 aliphatic rings. The van der Waals surface area contributed by atoms with E-state index in [-0.39, 0.29) is 23.9 Å². The summed E-state index contributed by atoms with van der Waals surface area (Å²) in [5, 5.41) is 0. The smallest absolute Gasteiger partial charge is 0.246 e. The van der Waals surface area contributed by atoms with Gasteiger partial charge >= 0.3 is 0 Å². The number of aryl methyl sites for hydroxylation is 1. The highest BCUT2D eigenvalue weighted by atomic mass is 32.1. The van der Waals surface area contributed by atoms with E-state index in [1.165, 1.54) is 9.75 Å². The van der Waals surface area contributed by atoms with Crippen LogP contribution in [0.25, 0.3) is 0 Å². The van der Waals surface area contributed by atoms with Crippen LogP contribution in [0.4, 0.5) is 5.69 Å². The van der Waals surface area contributed by atoms with Crippen molar-refractivity contribution in [3.8, 4) is 0 Å². The Labute approximate surface area is 164 Å². The molecule has 1 aromatic carbocycles. The molecule has 2 amide bonds. The third kappa shape index (κ3) is 3.51. The maximum Gasteiger partial charge on any atom is 0.246 e. The van der Waals surface area contributed by atoms with E-state index in [0.717, 1.165) is 31.7 Å². The monoisotopic (exact) mass is 383 g/mol. The molecule has 2 fully saturated rings. The topological polar surface area (TPSA) is 43.9 Å². The lowest BCUT2D eigenvalue weighted by atomic mass is 9.91. The van der Waals surface area contributed by atoms with Crippen molar-refractivity contribution in [1.29, 1.82) is 0 Å². The van der Waals surface area contributed by atoms with E-state index in [4.69, 9.17) is 0 Å². The predicted molar refractivity (Wildman–Crippen MR) is 108 cm³/mol. The molecule has 2 saturated heterocycles. The molecular weight excluding hydrogens is 358 g/mol. The molecule has 5 nitrogen and oxygen atoms in total. The van der Waals surface area contributed by atoms with E-state index in [9.17, 15) is 9.59 Å². The van der Waals surface area contributed by atoms with Gasteiger partial charge in [-0.3, -0.25) is 14.5 Å². The number of piperazine rings is 1. The first-order valence-corrected chi connectivity index (χ1v) is 10.2. The van der Waals surface area contributed by atoms with E-state index in [0.29, 0.717) is 6.54 Å². The van der Waals surface area contributed by atoms with Gasteiger partial charge in [0.15, 0.2) is 0 Å². The number of rotatable bonds is 3. The van der Waals surface area contributed by atoms with Crippen LogP contribution in [0.3, 0.4) is 0 Å². The summed E-state index contributed by atoms with van der Waals surface area (Å²) in [7, 11) is 0. The molecule has 27 heavy (non-hydrogen) atoms. The average molecular weight is 384 g/mol. The molecule has 0 saturated carbocycles. The Morgan fingerprint density at radius 2 is 1.93 bits per heavy atom. The first kappa shape index (κ1) is 18.2. The number of hydrogen-bond acceptors (Lipinski definition) is 4. The second-order valence-electron chi connectivity index (χ2n) is 7.62. The van der Waals surface area contributed by atoms with Gasteiger partial charge in [-0.2, -0.15) is 0 Å². The van der Waals surface area contributed by atoms with Gasteiger partial charge in [-0.05, 0) is 37.6 Å². The second kappa shape index (κ2) is 7.09. The Morgan fingerprint density at radius 3 is 2.59 bits per heavy atom. The number of hydrogen-bond donors (Lipinski definition) is 0. The molecule has 1 aromatic heterocycles. The number of amides is 2. The largest absolute Gasteiger partial charge is 0.325 e. The summed E-state index contributed by atoms with van der Waals surface area (Å²) in [5.41, 5.74) is 0.611. The van der Waals surface area contributed by atoms with Crippen LogP contribution in [0.1, 0.15) is 23.1 Å². The fraction of sp³-hybridized carbons (Fsp3) is 0.429. The Bertz CT molecular complexity index is 850. The van der Waals surface area contributed by atoms with Gasteiger partial charge in [0.2, 0.25) is 11.8 Å². The van der Waals surface area contributed by atoms with E-state index < -0.39 is 0 Å². The molecule has 0 N–H and O–H groups in total. The maximum absolute atomic E-state index is 12.7. The van der Waals surface area contributed by atoms with Crippen LogP contribution >= 0.6 is 11.3 Å². The number of benzene rings is 1. The van der Waals surface area contributed by atoms with Crippen LogP contribution in [-0.4, -0.2) is 53.3 Å². The maximum atomic E-state index is 12.7. The number of anilines is 1. The van der Waals surface area contributed by atoms with Crippen LogP contribution in [-0.2, 0) is 16.1 Å². The molecule has 0 aliphatic carbocycles. The molecule has 2 aliphatic heterocycles. The zero-order valence-electron chi connectivity index (χ0n) is 15.9. The van der Waals surface area contributed by atoms with Gasteiger partial charge in [0.1, 0.15) is 6.54 Å². The first-order valence-electron chi connectivity index (χ1n) is 9.38. The summed E-state index contributed by atoms with van der Waals surface area (Å²) in [6, 6.07) is 14.1. The van der Waals surface area contributed by atoms with Gasteiger partial charge in [0.25, 0.3) is 0 Å². The van der Waals surface area contributed by atoms with Gasteiger partial charge in [0.05, 0.1) is 12.1 Å². The van der Waals surface area contributed by atoms with E-state index >= 15 is 0 Å². The van der Waals surface area contributed by atoms with Gasteiger partial charge < -0.3 is 9.80 Å². The molecular formula is C21H25N3O2S. The second-order valence-corrected chi connectivity index (χ2v) is 8.99. The van der Waals surface area contributed by atoms with Gasteiger partial charge in [-0.1, -0.05) is 18.2 Å². The van der Waals surface area contributed by atoms with Crippen molar-refractivity contribution in [3.63, 3.8) is 0 Å². The molecule has 1 unspecified atom stereocenters. The van der Waals surface area contributed by atoms with Gasteiger partial charge in [-0.25, -0.2) is 0 Å². The number of carbonyl (C=O) groups excluding carboxylic acids is 2. The van der Waals surface area contributed by atoms with Crippen molar-refractivity contribution in [2.45, 2.75) is 32.4 Å². The lowest BCUT2D eigenvalue weighted by Gasteiger charge is -2.48. The van der Waals surface area contributed by atoms with Crippen LogP contribution in [0.2, 0.25) is 0 Å². The summed E-state index contributed by atoms with van der Waals surface area (Å²) in [6.45, 7) is 7.09. The summed E-state index contributed by atoms with van der Waals surface area (Å²) in [5.74, 6) is -0.0146. The summed E-state index contributed by atoms with van der Waals surface area (Å²) in [6.07, 6.45) is 0.896. The summed E-state index contributed by atoms with van der Waals surface area (Å²) < 4.78 is 0. The van der Waals surface area contributed by atoms with Gasteiger partial charge in [0, 0.05) is 42.0 Å². The van der Waals surface area contributed by atoms with Crippen molar-refractivity contribution in [2.75, 3.05) is 31.1 Å². The number of nitrogens with zero attached hydrogens (tertiary/aromatic N) is 3. The number of para-hydroxylation sites is 1. The molecule has 0 bridgehead atoms. The SMILES string of the molecule is CC(=O)N1CC(=O)N(c2ccccc2)CC12CCN(Cc1ccc(C)s1)C2. The summed E-state index contributed by atoms with van der Waals surface area (Å²) >= 11 is 1.83. The highest BCUT2D eigenvalue weighted by Crippen LogP contribution is 2.35. The van der Waals surface area contributed by atoms with E-state index in [1.807, 2.05) is 51.5 Å². The minimum absolute atomic E-state index is 0.00523. The Morgan fingerprint density at radius 1 is 1.15 bits per heavy atom. The highest BCUT2D eigenvalue weighted by Gasteiger charge is 2.50. The molecule has 4 rings (SSSR count). The highest BCUT2D eigenvalue weighted by molar-refractivity contribution is 7.11. The molecule has 1 atom stereocenters. The molecule has 142 valence electrons. The molecule has 6 heteroatoms. The fourth-order valence-electron chi connectivity index (χ4n) is 4.36. The van der Waals surface area contributed by atoms with Crippen LogP contribution < -0.4 is 4.90 Å². The zero-order valence-corrected chi connectivity index (χ0v) is 16.7. The Kier molecular flexibility index (Phi) is 4.78. The quantitative estimate of drug-likeness (QED) is 0.819. The molecule has 1 spiro atoms. The molecule has 3 heterocycles. The van der Waals surface area contributed by atoms with Crippen LogP contribution in [0, 0.1) is 6.92 Å². The minimum Gasteiger partial charge on any atom is -0.325 e. The van der Waals surface area contributed by atoms with Gasteiger partial charge in [-0.15, -0.1) is 11.3 Å². The van der Waals surface area contributed by atoms with E-state index in [1.54, 1.807) is 6.92 Å². The number of thiophene rings is 1. The van der Waals surface area contributed by atoms with Crippen molar-refractivity contribution in [1.82, 2.24) is 9.80 Å². The van der Waals surface area contributed by atoms with Crippen molar-refractivity contribution < 1.29 is 9.59 Å². The van der Waals surface area contributed by atoms with Crippen molar-refractivity contribution >= 4 is 28.8 Å². The summed E-state index contributed by atoms with van der Waals surface area (Å²) in [4.78, 5) is 33.9. The fourth-order valence-corrected chi connectivity index (χ4v) is 5.29. The predicted octanol–water partition coefficient (Wildman–Crippen LogP) is 2.90. The van der Waals surface area contributed by atoms with Crippen molar-refractivity contribution in [3.05, 3.63) is 52.2 Å². The average Bonchev–Trinajstić information content (AvgIpc) is 3.24. The number of carbonyl (C=O) groups is 2. The first-order chi connectivity index (χ1) is 13.0. The normalized spacial score (nSPS) is 23.4. The lowest BCUT2D eigenvalue weighted by molar-refractivity contribution is -0.142. The Balaban J connectivity index is 1.58. The van der Waals surface area contributed by atoms with Crippen LogP contribution in [0.5, 0.6) is 0 Å². The molecule has 0 radical (unpaired) electrons. The standard InChI is InChI=1S/C21H25N3O2S/c1-16-8-9-19(27-16)12-22-11-10-21(14-22)15-23(18-6-4-3-5-7-18)20(26)13-24(21)17(2)25/h3-9H,10-15H2,1-2H3. The van der Waals surface area contributed by atoms with Crippen molar-refractivity contribution in [2.24, 2.45) is 0 Å². The van der Waals surface area contributed by atoms with Crippen LogP contribution in [0.15, 0.2) is 42.5 Å². The number of likely N-dealkylation sites (tertiary alicyclic amines) is 1. The van der Waals surface area contributed by atoms with E-state index in [2.05, 4.69) is 24.0 Å².